The van der Waals surface area contributed by atoms with Crippen molar-refractivity contribution in [3.63, 3.8) is 0 Å². The second kappa shape index (κ2) is 4.80. The van der Waals surface area contributed by atoms with E-state index in [1.54, 1.807) is 18.2 Å². The number of nitrogens with zero attached hydrogens (tertiary/aromatic N) is 1. The Balaban J connectivity index is 2.36. The highest BCUT2D eigenvalue weighted by Crippen LogP contribution is 2.39. The van der Waals surface area contributed by atoms with Gasteiger partial charge in [0.2, 0.25) is 0 Å². The SMILES string of the molecule is C[C@@]1(OC(=O)c2ccccc2)CS(=O)(=O)C[C@]1(C)[N+](=O)[O-]. The molecule has 1 fully saturated rings. The number of esters is 1. The number of hydrogen-bond donors (Lipinski definition) is 0. The summed E-state index contributed by atoms with van der Waals surface area (Å²) in [5.41, 5.74) is -3.35. The molecule has 0 saturated carbocycles. The Labute approximate surface area is 122 Å². The first kappa shape index (κ1) is 15.4. The van der Waals surface area contributed by atoms with Crippen LogP contribution in [0.25, 0.3) is 0 Å². The van der Waals surface area contributed by atoms with Crippen LogP contribution in [0.1, 0.15) is 24.2 Å². The number of hydrogen-bond acceptors (Lipinski definition) is 6. The van der Waals surface area contributed by atoms with Crippen LogP contribution < -0.4 is 0 Å². The van der Waals surface area contributed by atoms with E-state index >= 15 is 0 Å². The predicted molar refractivity (Wildman–Crippen MR) is 74.3 cm³/mol. The monoisotopic (exact) mass is 313 g/mol. The van der Waals surface area contributed by atoms with Gasteiger partial charge in [0, 0.05) is 11.8 Å². The Kier molecular flexibility index (Phi) is 3.53. The molecule has 2 rings (SSSR count). The Morgan fingerprint density at radius 2 is 1.81 bits per heavy atom. The Bertz CT molecular complexity index is 686. The van der Waals surface area contributed by atoms with Crippen LogP contribution in [0.5, 0.6) is 0 Å². The molecule has 1 heterocycles. The zero-order chi connectivity index (χ0) is 15.9. The summed E-state index contributed by atoms with van der Waals surface area (Å²) in [6.07, 6.45) is 0. The molecule has 7 nitrogen and oxygen atoms in total. The molecule has 0 spiro atoms. The van der Waals surface area contributed by atoms with Crippen molar-refractivity contribution in [2.24, 2.45) is 0 Å². The Morgan fingerprint density at radius 1 is 1.24 bits per heavy atom. The minimum atomic E-state index is -3.65. The van der Waals surface area contributed by atoms with Crippen molar-refractivity contribution >= 4 is 15.8 Å². The fourth-order valence-electron chi connectivity index (χ4n) is 2.43. The molecule has 1 aliphatic heterocycles. The van der Waals surface area contributed by atoms with E-state index in [0.717, 1.165) is 0 Å². The lowest BCUT2D eigenvalue weighted by Gasteiger charge is -2.31. The van der Waals surface area contributed by atoms with Crippen LogP contribution >= 0.6 is 0 Å². The molecule has 2 atom stereocenters. The molecule has 0 bridgehead atoms. The van der Waals surface area contributed by atoms with Gasteiger partial charge in [-0.2, -0.15) is 0 Å². The quantitative estimate of drug-likeness (QED) is 0.469. The van der Waals surface area contributed by atoms with Gasteiger partial charge < -0.3 is 4.74 Å². The van der Waals surface area contributed by atoms with Crippen LogP contribution in [-0.4, -0.2) is 42.0 Å². The van der Waals surface area contributed by atoms with Crippen molar-refractivity contribution in [2.45, 2.75) is 25.0 Å². The standard InChI is InChI=1S/C13H15NO6S/c1-12(14(16)17)8-21(18,19)9-13(12,2)20-11(15)10-6-4-3-5-7-10/h3-7H,8-9H2,1-2H3/t12-,13+/m0/s1. The van der Waals surface area contributed by atoms with Gasteiger partial charge in [0.15, 0.2) is 15.4 Å². The van der Waals surface area contributed by atoms with Crippen LogP contribution in [-0.2, 0) is 14.6 Å². The van der Waals surface area contributed by atoms with Crippen molar-refractivity contribution in [1.29, 1.82) is 0 Å². The van der Waals surface area contributed by atoms with Crippen LogP contribution in [0.2, 0.25) is 0 Å². The van der Waals surface area contributed by atoms with E-state index in [2.05, 4.69) is 0 Å². The van der Waals surface area contributed by atoms with Gasteiger partial charge in [-0.05, 0) is 19.1 Å². The maximum atomic E-state index is 12.1. The maximum absolute atomic E-state index is 12.1. The van der Waals surface area contributed by atoms with E-state index in [1.165, 1.54) is 26.0 Å². The molecule has 1 saturated heterocycles. The highest BCUT2D eigenvalue weighted by Gasteiger charge is 2.67. The van der Waals surface area contributed by atoms with Crippen molar-refractivity contribution in [3.8, 4) is 0 Å². The van der Waals surface area contributed by atoms with Gasteiger partial charge in [0.25, 0.3) is 5.54 Å². The summed E-state index contributed by atoms with van der Waals surface area (Å²) < 4.78 is 28.8. The maximum Gasteiger partial charge on any atom is 0.338 e. The third kappa shape index (κ3) is 2.63. The van der Waals surface area contributed by atoms with Crippen molar-refractivity contribution in [2.75, 3.05) is 11.5 Å². The lowest BCUT2D eigenvalue weighted by molar-refractivity contribution is -0.578. The molecule has 0 unspecified atom stereocenters. The fourth-order valence-corrected chi connectivity index (χ4v) is 5.01. The molecule has 21 heavy (non-hydrogen) atoms. The molecular weight excluding hydrogens is 298 g/mol. The zero-order valence-corrected chi connectivity index (χ0v) is 12.4. The predicted octanol–water partition coefficient (Wildman–Crippen LogP) is 1.07. The summed E-state index contributed by atoms with van der Waals surface area (Å²) >= 11 is 0. The van der Waals surface area contributed by atoms with Crippen LogP contribution in [0, 0.1) is 10.1 Å². The van der Waals surface area contributed by atoms with Gasteiger partial charge in [0.05, 0.1) is 11.3 Å². The second-order valence-corrected chi connectivity index (χ2v) is 7.61. The van der Waals surface area contributed by atoms with E-state index in [9.17, 15) is 23.3 Å². The average molecular weight is 313 g/mol. The number of carbonyl (C=O) groups excluding carboxylic acids is 1. The normalized spacial score (nSPS) is 30.8. The summed E-state index contributed by atoms with van der Waals surface area (Å²) in [6.45, 7) is 2.48. The zero-order valence-electron chi connectivity index (χ0n) is 11.6. The number of benzene rings is 1. The van der Waals surface area contributed by atoms with Gasteiger partial charge in [-0.25, -0.2) is 13.2 Å². The lowest BCUT2D eigenvalue weighted by Crippen LogP contribution is -2.56. The summed E-state index contributed by atoms with van der Waals surface area (Å²) in [5.74, 6) is -1.98. The smallest absolute Gasteiger partial charge is 0.338 e. The summed E-state index contributed by atoms with van der Waals surface area (Å²) in [7, 11) is -3.65. The third-order valence-electron chi connectivity index (χ3n) is 3.87. The molecule has 1 aromatic carbocycles. The molecule has 1 aromatic rings. The number of rotatable bonds is 3. The first-order valence-electron chi connectivity index (χ1n) is 6.23. The van der Waals surface area contributed by atoms with Crippen molar-refractivity contribution in [3.05, 3.63) is 46.0 Å². The number of ether oxygens (including phenoxy) is 1. The second-order valence-electron chi connectivity index (χ2n) is 5.55. The molecule has 1 aliphatic rings. The Hall–Kier alpha value is -1.96. The van der Waals surface area contributed by atoms with Gasteiger partial charge in [0.1, 0.15) is 5.75 Å². The van der Waals surface area contributed by atoms with E-state index < -0.39 is 43.4 Å². The highest BCUT2D eigenvalue weighted by atomic mass is 32.2. The Morgan fingerprint density at radius 3 is 2.33 bits per heavy atom. The molecule has 0 aromatic heterocycles. The number of carbonyl (C=O) groups is 1. The van der Waals surface area contributed by atoms with Crippen molar-refractivity contribution in [1.82, 2.24) is 0 Å². The van der Waals surface area contributed by atoms with Gasteiger partial charge in [-0.1, -0.05) is 18.2 Å². The molecule has 0 radical (unpaired) electrons. The van der Waals surface area contributed by atoms with E-state index in [1.807, 2.05) is 0 Å². The topological polar surface area (TPSA) is 104 Å². The van der Waals surface area contributed by atoms with Gasteiger partial charge in [-0.15, -0.1) is 0 Å². The van der Waals surface area contributed by atoms with Crippen LogP contribution in [0.3, 0.4) is 0 Å². The molecule has 0 N–H and O–H groups in total. The van der Waals surface area contributed by atoms with Crippen LogP contribution in [0.15, 0.2) is 30.3 Å². The molecule has 114 valence electrons. The van der Waals surface area contributed by atoms with E-state index in [4.69, 9.17) is 4.74 Å². The summed E-state index contributed by atoms with van der Waals surface area (Å²) in [5, 5.41) is 11.3. The lowest BCUT2D eigenvalue weighted by atomic mass is 9.86. The highest BCUT2D eigenvalue weighted by molar-refractivity contribution is 7.91. The van der Waals surface area contributed by atoms with E-state index in [-0.39, 0.29) is 5.56 Å². The molecule has 8 heteroatoms. The largest absolute Gasteiger partial charge is 0.447 e. The minimum Gasteiger partial charge on any atom is -0.447 e. The first-order valence-corrected chi connectivity index (χ1v) is 8.05. The van der Waals surface area contributed by atoms with E-state index in [0.29, 0.717) is 0 Å². The first-order chi connectivity index (χ1) is 9.60. The number of sulfone groups is 1. The van der Waals surface area contributed by atoms with Crippen molar-refractivity contribution < 1.29 is 22.9 Å². The van der Waals surface area contributed by atoms with Crippen LogP contribution in [0.4, 0.5) is 0 Å². The minimum absolute atomic E-state index is 0.216. The summed E-state index contributed by atoms with van der Waals surface area (Å²) in [6, 6.07) is 7.95. The average Bonchev–Trinajstić information content (AvgIpc) is 2.56. The fraction of sp³-hybridized carbons (Fsp3) is 0.462. The molecule has 0 amide bonds. The summed E-state index contributed by atoms with van der Waals surface area (Å²) in [4.78, 5) is 22.7. The van der Waals surface area contributed by atoms with Gasteiger partial charge in [-0.3, -0.25) is 10.1 Å². The third-order valence-corrected chi connectivity index (χ3v) is 5.86. The molecule has 0 aliphatic carbocycles. The number of nitro groups is 1. The molecular formula is C13H15NO6S. The van der Waals surface area contributed by atoms with Gasteiger partial charge >= 0.3 is 5.97 Å².